The molecule has 0 aliphatic carbocycles. The lowest BCUT2D eigenvalue weighted by atomic mass is 10.1. The number of benzene rings is 1. The molecule has 0 spiro atoms. The van der Waals surface area contributed by atoms with E-state index < -0.39 is 0 Å². The molecular weight excluding hydrogens is 360 g/mol. The minimum absolute atomic E-state index is 0.130. The third-order valence-corrected chi connectivity index (χ3v) is 5.06. The second-order valence-corrected chi connectivity index (χ2v) is 7.23. The molecule has 2 aromatic heterocycles. The second-order valence-electron chi connectivity index (χ2n) is 6.29. The summed E-state index contributed by atoms with van der Waals surface area (Å²) < 4.78 is 5.30. The SMILES string of the molecule is NCCCN(Cc1ccccc1)C(=O)CCCc1nc(-c2cccs2)no1. The molecule has 2 heterocycles. The zero-order valence-corrected chi connectivity index (χ0v) is 16.0. The van der Waals surface area contributed by atoms with Crippen molar-refractivity contribution in [2.45, 2.75) is 32.2 Å². The number of hydrogen-bond donors (Lipinski definition) is 1. The van der Waals surface area contributed by atoms with E-state index in [-0.39, 0.29) is 5.91 Å². The van der Waals surface area contributed by atoms with E-state index in [1.807, 2.05) is 52.7 Å². The topological polar surface area (TPSA) is 85.2 Å². The highest BCUT2D eigenvalue weighted by molar-refractivity contribution is 7.13. The minimum Gasteiger partial charge on any atom is -0.339 e. The van der Waals surface area contributed by atoms with Crippen LogP contribution in [0.5, 0.6) is 0 Å². The van der Waals surface area contributed by atoms with Crippen molar-refractivity contribution < 1.29 is 9.32 Å². The summed E-state index contributed by atoms with van der Waals surface area (Å²) >= 11 is 1.57. The van der Waals surface area contributed by atoms with E-state index >= 15 is 0 Å². The number of carbonyl (C=O) groups excluding carboxylic acids is 1. The second kappa shape index (κ2) is 9.99. The highest BCUT2D eigenvalue weighted by atomic mass is 32.1. The molecule has 0 saturated heterocycles. The summed E-state index contributed by atoms with van der Waals surface area (Å²) in [7, 11) is 0. The lowest BCUT2D eigenvalue weighted by Crippen LogP contribution is -2.32. The monoisotopic (exact) mass is 384 g/mol. The Labute approximate surface area is 163 Å². The number of hydrogen-bond acceptors (Lipinski definition) is 6. The Kier molecular flexibility index (Phi) is 7.12. The van der Waals surface area contributed by atoms with Crippen LogP contribution in [-0.2, 0) is 17.8 Å². The maximum atomic E-state index is 12.7. The largest absolute Gasteiger partial charge is 0.339 e. The van der Waals surface area contributed by atoms with Crippen LogP contribution < -0.4 is 5.73 Å². The summed E-state index contributed by atoms with van der Waals surface area (Å²) in [5.74, 6) is 1.31. The molecule has 6 nitrogen and oxygen atoms in total. The number of nitrogens with zero attached hydrogens (tertiary/aromatic N) is 3. The molecule has 27 heavy (non-hydrogen) atoms. The average molecular weight is 385 g/mol. The number of rotatable bonds is 10. The molecule has 1 aromatic carbocycles. The molecule has 1 amide bonds. The zero-order valence-electron chi connectivity index (χ0n) is 15.2. The first-order valence-electron chi connectivity index (χ1n) is 9.14. The Hall–Kier alpha value is -2.51. The average Bonchev–Trinajstić information content (AvgIpc) is 3.37. The van der Waals surface area contributed by atoms with Gasteiger partial charge in [-0.15, -0.1) is 11.3 Å². The van der Waals surface area contributed by atoms with Crippen LogP contribution in [0.4, 0.5) is 0 Å². The van der Waals surface area contributed by atoms with Crippen LogP contribution in [0.1, 0.15) is 30.7 Å². The predicted molar refractivity (Wildman–Crippen MR) is 106 cm³/mol. The molecule has 142 valence electrons. The molecule has 0 saturated carbocycles. The fourth-order valence-corrected chi connectivity index (χ4v) is 3.44. The van der Waals surface area contributed by atoms with E-state index in [1.54, 1.807) is 11.3 Å². The molecule has 2 N–H and O–H groups in total. The maximum absolute atomic E-state index is 12.7. The van der Waals surface area contributed by atoms with Crippen LogP contribution in [0.15, 0.2) is 52.4 Å². The van der Waals surface area contributed by atoms with E-state index in [1.165, 1.54) is 0 Å². The van der Waals surface area contributed by atoms with Gasteiger partial charge in [0.25, 0.3) is 0 Å². The van der Waals surface area contributed by atoms with Gasteiger partial charge in [-0.05, 0) is 36.4 Å². The summed E-state index contributed by atoms with van der Waals surface area (Å²) in [6.07, 6.45) is 2.53. The van der Waals surface area contributed by atoms with E-state index in [2.05, 4.69) is 10.1 Å². The third-order valence-electron chi connectivity index (χ3n) is 4.19. The summed E-state index contributed by atoms with van der Waals surface area (Å²) in [5.41, 5.74) is 6.75. The Bertz CT molecular complexity index is 818. The van der Waals surface area contributed by atoms with E-state index in [0.29, 0.717) is 50.6 Å². The highest BCUT2D eigenvalue weighted by Gasteiger charge is 2.15. The molecule has 3 aromatic rings. The standard InChI is InChI=1S/C20H24N4O2S/c21-12-6-13-24(15-16-7-2-1-3-8-16)19(25)11-4-10-18-22-20(23-26-18)17-9-5-14-27-17/h1-3,5,7-9,14H,4,6,10-13,15,21H2. The van der Waals surface area contributed by atoms with Crippen molar-refractivity contribution in [2.75, 3.05) is 13.1 Å². The van der Waals surface area contributed by atoms with Gasteiger partial charge in [0.2, 0.25) is 17.6 Å². The number of aryl methyl sites for hydroxylation is 1. The number of nitrogens with two attached hydrogens (primary N) is 1. The van der Waals surface area contributed by atoms with Gasteiger partial charge in [-0.3, -0.25) is 4.79 Å². The number of aromatic nitrogens is 2. The van der Waals surface area contributed by atoms with Gasteiger partial charge < -0.3 is 15.2 Å². The van der Waals surface area contributed by atoms with Gasteiger partial charge in [-0.1, -0.05) is 41.6 Å². The Morgan fingerprint density at radius 2 is 2.00 bits per heavy atom. The van der Waals surface area contributed by atoms with Gasteiger partial charge in [0.15, 0.2) is 0 Å². The molecule has 7 heteroatoms. The molecule has 0 aliphatic heterocycles. The van der Waals surface area contributed by atoms with Crippen molar-refractivity contribution in [3.05, 3.63) is 59.3 Å². The van der Waals surface area contributed by atoms with Crippen LogP contribution in [-0.4, -0.2) is 34.0 Å². The lowest BCUT2D eigenvalue weighted by Gasteiger charge is -2.22. The molecule has 3 rings (SSSR count). The first kappa shape index (κ1) is 19.3. The molecule has 0 bridgehead atoms. The van der Waals surface area contributed by atoms with Crippen LogP contribution in [0.3, 0.4) is 0 Å². The van der Waals surface area contributed by atoms with Crippen molar-refractivity contribution in [3.63, 3.8) is 0 Å². The van der Waals surface area contributed by atoms with Crippen molar-refractivity contribution in [1.29, 1.82) is 0 Å². The first-order chi connectivity index (χ1) is 13.3. The first-order valence-corrected chi connectivity index (χ1v) is 10.0. The van der Waals surface area contributed by atoms with Gasteiger partial charge in [-0.25, -0.2) is 0 Å². The van der Waals surface area contributed by atoms with Gasteiger partial charge in [0.05, 0.1) is 4.88 Å². The minimum atomic E-state index is 0.130. The predicted octanol–water partition coefficient (Wildman–Crippen LogP) is 3.50. The zero-order chi connectivity index (χ0) is 18.9. The van der Waals surface area contributed by atoms with Gasteiger partial charge in [0, 0.05) is 25.9 Å². The fourth-order valence-electron chi connectivity index (χ4n) is 2.79. The summed E-state index contributed by atoms with van der Waals surface area (Å²) in [6, 6.07) is 13.9. The number of carbonyl (C=O) groups is 1. The highest BCUT2D eigenvalue weighted by Crippen LogP contribution is 2.21. The van der Waals surface area contributed by atoms with Gasteiger partial charge in [-0.2, -0.15) is 4.98 Å². The van der Waals surface area contributed by atoms with Crippen molar-refractivity contribution in [2.24, 2.45) is 5.73 Å². The van der Waals surface area contributed by atoms with Crippen molar-refractivity contribution in [1.82, 2.24) is 15.0 Å². The third kappa shape index (κ3) is 5.74. The van der Waals surface area contributed by atoms with E-state index in [4.69, 9.17) is 10.3 Å². The van der Waals surface area contributed by atoms with Crippen LogP contribution in [0.25, 0.3) is 10.7 Å². The fraction of sp³-hybridized carbons (Fsp3) is 0.350. The van der Waals surface area contributed by atoms with E-state index in [0.717, 1.165) is 16.9 Å². The molecule has 0 radical (unpaired) electrons. The van der Waals surface area contributed by atoms with Gasteiger partial charge >= 0.3 is 0 Å². The Morgan fingerprint density at radius 3 is 2.74 bits per heavy atom. The van der Waals surface area contributed by atoms with Crippen molar-refractivity contribution >= 4 is 17.2 Å². The maximum Gasteiger partial charge on any atom is 0.226 e. The molecule has 0 atom stereocenters. The quantitative estimate of drug-likeness (QED) is 0.578. The molecular formula is C20H24N4O2S. The van der Waals surface area contributed by atoms with Crippen molar-refractivity contribution in [3.8, 4) is 10.7 Å². The summed E-state index contributed by atoms with van der Waals surface area (Å²) in [4.78, 5) is 19.9. The number of thiophene rings is 1. The lowest BCUT2D eigenvalue weighted by molar-refractivity contribution is -0.132. The Balaban J connectivity index is 1.51. The Morgan fingerprint density at radius 1 is 1.15 bits per heavy atom. The van der Waals surface area contributed by atoms with E-state index in [9.17, 15) is 4.79 Å². The van der Waals surface area contributed by atoms with Crippen LogP contribution in [0, 0.1) is 0 Å². The molecule has 0 aliphatic rings. The molecule has 0 fully saturated rings. The normalized spacial score (nSPS) is 10.9. The summed E-state index contributed by atoms with van der Waals surface area (Å²) in [6.45, 7) is 1.86. The van der Waals surface area contributed by atoms with Crippen LogP contribution in [0.2, 0.25) is 0 Å². The molecule has 0 unspecified atom stereocenters. The summed E-state index contributed by atoms with van der Waals surface area (Å²) in [5, 5.41) is 5.98. The van der Waals surface area contributed by atoms with Crippen LogP contribution >= 0.6 is 11.3 Å². The smallest absolute Gasteiger partial charge is 0.226 e. The van der Waals surface area contributed by atoms with Gasteiger partial charge in [0.1, 0.15) is 0 Å². The number of amides is 1.